The third-order valence-electron chi connectivity index (χ3n) is 9.06. The van der Waals surface area contributed by atoms with Crippen LogP contribution in [0.3, 0.4) is 0 Å². The number of fused-ring (bicyclic) bond motifs is 3. The Morgan fingerprint density at radius 3 is 2.46 bits per heavy atom. The molecule has 184 valence electrons. The topological polar surface area (TPSA) is 55.0 Å². The molecule has 3 saturated heterocycles. The molecule has 3 aliphatic heterocycles. The van der Waals surface area contributed by atoms with E-state index >= 15 is 0 Å². The smallest absolute Gasteiger partial charge is 0.317 e. The van der Waals surface area contributed by atoms with Gasteiger partial charge in [-0.05, 0) is 24.3 Å². The second kappa shape index (κ2) is 9.55. The number of nitrogens with one attached hydrogen (secondary N) is 1. The minimum atomic E-state index is -0.453. The van der Waals surface area contributed by atoms with Crippen LogP contribution in [-0.2, 0) is 14.9 Å². The quantitative estimate of drug-likeness (QED) is 0.262. The molecule has 4 fully saturated rings. The number of quaternary nitrogens is 1. The van der Waals surface area contributed by atoms with Crippen molar-refractivity contribution in [3.8, 4) is 0 Å². The number of carbonyl (C=O) groups is 1. The van der Waals surface area contributed by atoms with Crippen molar-refractivity contribution in [3.63, 3.8) is 0 Å². The fourth-order valence-electron chi connectivity index (χ4n) is 7.22. The zero-order valence-corrected chi connectivity index (χ0v) is 21.2. The summed E-state index contributed by atoms with van der Waals surface area (Å²) in [4.78, 5) is 15.3. The number of aromatic amines is 1. The molecule has 5 nitrogen and oxygen atoms in total. The van der Waals surface area contributed by atoms with E-state index in [1.165, 1.54) is 28.8 Å². The minimum absolute atomic E-state index is 0.0109. The van der Waals surface area contributed by atoms with Crippen molar-refractivity contribution in [2.75, 3.05) is 19.6 Å². The maximum Gasteiger partial charge on any atom is 0.317 e. The summed E-state index contributed by atoms with van der Waals surface area (Å²) in [6, 6.07) is 15.3. The largest absolute Gasteiger partial charge is 0.455 e. The first-order valence-electron chi connectivity index (χ1n) is 13.3. The average molecular weight is 491 g/mol. The van der Waals surface area contributed by atoms with Crippen molar-refractivity contribution in [1.29, 1.82) is 0 Å². The number of nitrogens with zero attached hydrogens (tertiary/aromatic N) is 2. The summed E-state index contributed by atoms with van der Waals surface area (Å²) in [6.07, 6.45) is 12.7. The summed E-state index contributed by atoms with van der Waals surface area (Å²) in [6.45, 7) is 3.14. The zero-order valence-electron chi connectivity index (χ0n) is 20.4. The SMILES string of the molecule is O=C(O[C@H]1C[N+]2(C(c3ccccc3)c3cn[nH]c3)CCC1CC2)C1(c2cccs2)CCCCCC1. The summed E-state index contributed by atoms with van der Waals surface area (Å²) in [5, 5.41) is 9.45. The van der Waals surface area contributed by atoms with Crippen LogP contribution in [-0.4, -0.2) is 46.4 Å². The van der Waals surface area contributed by atoms with Crippen molar-refractivity contribution >= 4 is 17.3 Å². The number of rotatable bonds is 6. The highest BCUT2D eigenvalue weighted by atomic mass is 32.1. The molecule has 2 bridgehead atoms. The number of benzene rings is 1. The number of piperidine rings is 3. The van der Waals surface area contributed by atoms with Gasteiger partial charge in [-0.1, -0.05) is 62.1 Å². The van der Waals surface area contributed by atoms with E-state index < -0.39 is 5.41 Å². The fraction of sp³-hybridized carbons (Fsp3) is 0.517. The van der Waals surface area contributed by atoms with Crippen LogP contribution in [0.5, 0.6) is 0 Å². The van der Waals surface area contributed by atoms with Gasteiger partial charge in [0.15, 0.2) is 6.10 Å². The summed E-state index contributed by atoms with van der Waals surface area (Å²) in [7, 11) is 0. The third kappa shape index (κ3) is 4.15. The Morgan fingerprint density at radius 2 is 1.80 bits per heavy atom. The summed E-state index contributed by atoms with van der Waals surface area (Å²) in [5.74, 6) is 0.518. The Balaban J connectivity index is 1.30. The Labute approximate surface area is 212 Å². The van der Waals surface area contributed by atoms with Gasteiger partial charge in [0.1, 0.15) is 18.0 Å². The number of aromatic nitrogens is 2. The van der Waals surface area contributed by atoms with Gasteiger partial charge in [0, 0.05) is 35.4 Å². The molecule has 0 amide bonds. The lowest BCUT2D eigenvalue weighted by molar-refractivity contribution is -0.968. The third-order valence-corrected chi connectivity index (χ3v) is 10.1. The number of ether oxygens (including phenoxy) is 1. The van der Waals surface area contributed by atoms with Gasteiger partial charge in [-0.2, -0.15) is 5.10 Å². The standard InChI is InChI=1S/C29H36N3O2S/c33-28(29(26-11-8-18-35-26)14-6-1-2-7-15-29)34-25-21-32(16-12-22(25)13-17-32)27(24-19-30-31-20-24)23-9-4-3-5-10-23/h3-5,8-11,18-20,22,25,27H,1-2,6-7,12-17,21H2,(H,30,31)/q+1/t22?,25-,27?,32?/m0/s1. The average Bonchev–Trinajstić information content (AvgIpc) is 3.57. The molecule has 2 aromatic heterocycles. The second-order valence-electron chi connectivity index (χ2n) is 10.9. The minimum Gasteiger partial charge on any atom is -0.455 e. The van der Waals surface area contributed by atoms with E-state index in [9.17, 15) is 4.79 Å². The van der Waals surface area contributed by atoms with Gasteiger partial charge in [-0.25, -0.2) is 0 Å². The van der Waals surface area contributed by atoms with Crippen molar-refractivity contribution in [1.82, 2.24) is 10.2 Å². The number of hydrogen-bond donors (Lipinski definition) is 1. The molecule has 1 aromatic carbocycles. The molecule has 0 spiro atoms. The number of H-pyrrole nitrogens is 1. The highest BCUT2D eigenvalue weighted by Crippen LogP contribution is 2.47. The van der Waals surface area contributed by atoms with E-state index in [1.54, 1.807) is 11.3 Å². The highest BCUT2D eigenvalue weighted by molar-refractivity contribution is 7.10. The molecule has 35 heavy (non-hydrogen) atoms. The summed E-state index contributed by atoms with van der Waals surface area (Å²) < 4.78 is 7.55. The van der Waals surface area contributed by atoms with E-state index in [-0.39, 0.29) is 18.1 Å². The Kier molecular flexibility index (Phi) is 6.27. The van der Waals surface area contributed by atoms with Crippen molar-refractivity contribution in [2.45, 2.75) is 68.9 Å². The molecule has 5 heterocycles. The lowest BCUT2D eigenvalue weighted by Crippen LogP contribution is -2.66. The van der Waals surface area contributed by atoms with E-state index in [1.807, 2.05) is 12.4 Å². The van der Waals surface area contributed by atoms with Gasteiger partial charge in [-0.3, -0.25) is 9.89 Å². The van der Waals surface area contributed by atoms with Gasteiger partial charge >= 0.3 is 5.97 Å². The number of esters is 1. The lowest BCUT2D eigenvalue weighted by atomic mass is 9.77. The summed E-state index contributed by atoms with van der Waals surface area (Å²) >= 11 is 1.73. The molecule has 1 saturated carbocycles. The van der Waals surface area contributed by atoms with Gasteiger partial charge in [0.25, 0.3) is 0 Å². The van der Waals surface area contributed by atoms with Gasteiger partial charge in [0.2, 0.25) is 0 Å². The molecular formula is C29H36N3O2S+. The first-order chi connectivity index (χ1) is 17.2. The first-order valence-corrected chi connectivity index (χ1v) is 14.2. The van der Waals surface area contributed by atoms with Crippen molar-refractivity contribution < 1.29 is 14.0 Å². The molecule has 4 aliphatic rings. The van der Waals surface area contributed by atoms with Gasteiger partial charge in [0.05, 0.1) is 24.8 Å². The number of hydrogen-bond acceptors (Lipinski definition) is 4. The lowest BCUT2D eigenvalue weighted by Gasteiger charge is -2.55. The van der Waals surface area contributed by atoms with Crippen LogP contribution in [0.1, 0.15) is 73.4 Å². The van der Waals surface area contributed by atoms with Crippen molar-refractivity contribution in [2.24, 2.45) is 5.92 Å². The maximum atomic E-state index is 14.1. The highest BCUT2D eigenvalue weighted by Gasteiger charge is 2.54. The predicted molar refractivity (Wildman–Crippen MR) is 138 cm³/mol. The van der Waals surface area contributed by atoms with Crippen LogP contribution in [0, 0.1) is 5.92 Å². The Morgan fingerprint density at radius 1 is 1.03 bits per heavy atom. The van der Waals surface area contributed by atoms with E-state index in [0.717, 1.165) is 62.6 Å². The molecule has 1 unspecified atom stereocenters. The monoisotopic (exact) mass is 490 g/mol. The second-order valence-corrected chi connectivity index (χ2v) is 11.9. The van der Waals surface area contributed by atoms with E-state index in [0.29, 0.717) is 5.92 Å². The molecule has 1 aliphatic carbocycles. The van der Waals surface area contributed by atoms with Gasteiger partial charge < -0.3 is 9.22 Å². The zero-order chi connectivity index (χ0) is 23.7. The van der Waals surface area contributed by atoms with Crippen LogP contribution in [0.15, 0.2) is 60.2 Å². The molecule has 2 atom stereocenters. The van der Waals surface area contributed by atoms with Crippen molar-refractivity contribution in [3.05, 3.63) is 76.2 Å². The fourth-order valence-corrected chi connectivity index (χ4v) is 8.19. The van der Waals surface area contributed by atoms with Crippen LogP contribution < -0.4 is 0 Å². The van der Waals surface area contributed by atoms with Crippen LogP contribution in [0.2, 0.25) is 0 Å². The van der Waals surface area contributed by atoms with Crippen LogP contribution in [0.25, 0.3) is 0 Å². The number of thiophene rings is 1. The molecule has 6 heteroatoms. The van der Waals surface area contributed by atoms with Gasteiger partial charge in [-0.15, -0.1) is 11.3 Å². The normalized spacial score (nSPS) is 28.8. The maximum absolute atomic E-state index is 14.1. The predicted octanol–water partition coefficient (Wildman–Crippen LogP) is 6.01. The Bertz CT molecular complexity index is 1100. The van der Waals surface area contributed by atoms with Crippen LogP contribution >= 0.6 is 11.3 Å². The summed E-state index contributed by atoms with van der Waals surface area (Å²) in [5.41, 5.74) is 2.09. The van der Waals surface area contributed by atoms with E-state index in [4.69, 9.17) is 4.74 Å². The molecular weight excluding hydrogens is 454 g/mol. The van der Waals surface area contributed by atoms with E-state index in [2.05, 4.69) is 58.0 Å². The molecule has 7 rings (SSSR count). The molecule has 0 radical (unpaired) electrons. The Hall–Kier alpha value is -2.44. The van der Waals surface area contributed by atoms with Crippen LogP contribution in [0.4, 0.5) is 0 Å². The molecule has 3 aromatic rings. The first kappa shape index (κ1) is 23.0. The molecule has 1 N–H and O–H groups in total. The number of carbonyl (C=O) groups excluding carboxylic acids is 1.